The molecule has 1 saturated heterocycles. The molecule has 1 aliphatic heterocycles. The molecule has 2 heterocycles. The van der Waals surface area contributed by atoms with Crippen LogP contribution in [0.4, 0.5) is 0 Å². The molecule has 2 N–H and O–H groups in total. The molecular weight excluding hydrogens is 240 g/mol. The van der Waals surface area contributed by atoms with Crippen LogP contribution in [0.5, 0.6) is 0 Å². The number of imidazole rings is 1. The molecule has 0 aromatic carbocycles. The van der Waals surface area contributed by atoms with Gasteiger partial charge in [0, 0.05) is 13.1 Å². The molecule has 7 heteroatoms. The summed E-state index contributed by atoms with van der Waals surface area (Å²) in [6, 6.07) is 0. The van der Waals surface area contributed by atoms with Crippen molar-refractivity contribution in [3.05, 3.63) is 12.0 Å². The minimum atomic E-state index is -3.38. The highest BCUT2D eigenvalue weighted by molar-refractivity contribution is 7.89. The van der Waals surface area contributed by atoms with Crippen molar-refractivity contribution in [2.24, 2.45) is 5.92 Å². The molecule has 1 aromatic rings. The zero-order chi connectivity index (χ0) is 12.5. The Bertz CT molecular complexity index is 482. The van der Waals surface area contributed by atoms with E-state index in [0.717, 1.165) is 13.0 Å². The average Bonchev–Trinajstić information content (AvgIpc) is 2.88. The average molecular weight is 258 g/mol. The van der Waals surface area contributed by atoms with Crippen molar-refractivity contribution in [1.82, 2.24) is 19.6 Å². The Morgan fingerprint density at radius 2 is 2.41 bits per heavy atom. The summed E-state index contributed by atoms with van der Waals surface area (Å²) in [6.45, 7) is 3.77. The normalized spacial score (nSPS) is 22.1. The van der Waals surface area contributed by atoms with Crippen molar-refractivity contribution in [2.45, 2.75) is 18.4 Å². The lowest BCUT2D eigenvalue weighted by atomic mass is 10.1. The van der Waals surface area contributed by atoms with Gasteiger partial charge in [-0.25, -0.2) is 13.4 Å². The molecule has 0 spiro atoms. The second-order valence-corrected chi connectivity index (χ2v) is 6.31. The van der Waals surface area contributed by atoms with E-state index in [0.29, 0.717) is 24.8 Å². The first kappa shape index (κ1) is 12.5. The zero-order valence-electron chi connectivity index (χ0n) is 10.1. The molecule has 0 saturated carbocycles. The largest absolute Gasteiger partial charge is 0.332 e. The van der Waals surface area contributed by atoms with Crippen LogP contribution in [0.1, 0.15) is 12.2 Å². The maximum absolute atomic E-state index is 12.2. The quantitative estimate of drug-likeness (QED) is 0.793. The van der Waals surface area contributed by atoms with Crippen molar-refractivity contribution in [3.63, 3.8) is 0 Å². The lowest BCUT2D eigenvalue weighted by molar-refractivity contribution is 0.449. The maximum Gasteiger partial charge on any atom is 0.260 e. The summed E-state index contributed by atoms with van der Waals surface area (Å²) in [5.74, 6) is 1.02. The van der Waals surface area contributed by atoms with Gasteiger partial charge in [-0.1, -0.05) is 0 Å². The summed E-state index contributed by atoms with van der Waals surface area (Å²) in [5.41, 5.74) is 0. The Morgan fingerprint density at radius 1 is 1.65 bits per heavy atom. The summed E-state index contributed by atoms with van der Waals surface area (Å²) in [6.07, 6.45) is 2.29. The van der Waals surface area contributed by atoms with E-state index in [9.17, 15) is 8.42 Å². The van der Waals surface area contributed by atoms with Crippen LogP contribution >= 0.6 is 0 Å². The molecule has 1 aliphatic rings. The van der Waals surface area contributed by atoms with Crippen molar-refractivity contribution in [3.8, 4) is 0 Å². The Hall–Kier alpha value is -0.920. The lowest BCUT2D eigenvalue weighted by Crippen LogP contribution is -2.30. The van der Waals surface area contributed by atoms with E-state index in [2.05, 4.69) is 15.3 Å². The summed E-state index contributed by atoms with van der Waals surface area (Å²) < 4.78 is 26.0. The van der Waals surface area contributed by atoms with E-state index in [1.807, 2.05) is 7.05 Å². The molecule has 96 valence electrons. The van der Waals surface area contributed by atoms with Crippen molar-refractivity contribution < 1.29 is 8.42 Å². The van der Waals surface area contributed by atoms with Gasteiger partial charge in [0.2, 0.25) is 0 Å². The fraction of sp³-hybridized carbons (Fsp3) is 0.700. The Kier molecular flexibility index (Phi) is 3.50. The van der Waals surface area contributed by atoms with Gasteiger partial charge >= 0.3 is 0 Å². The summed E-state index contributed by atoms with van der Waals surface area (Å²) >= 11 is 0. The predicted octanol–water partition coefficient (Wildman–Crippen LogP) is -0.0519. The smallest absolute Gasteiger partial charge is 0.260 e. The van der Waals surface area contributed by atoms with Crippen LogP contribution in [-0.2, 0) is 10.0 Å². The SMILES string of the molecule is CNCC1CCN(S(=O)(=O)c2cnc(C)[nH]2)C1. The van der Waals surface area contributed by atoms with Gasteiger partial charge in [-0.2, -0.15) is 4.31 Å². The van der Waals surface area contributed by atoms with Gasteiger partial charge in [0.25, 0.3) is 10.0 Å². The minimum absolute atomic E-state index is 0.195. The minimum Gasteiger partial charge on any atom is -0.332 e. The molecule has 0 radical (unpaired) electrons. The number of nitrogens with one attached hydrogen (secondary N) is 2. The zero-order valence-corrected chi connectivity index (χ0v) is 10.9. The number of aryl methyl sites for hydroxylation is 1. The van der Waals surface area contributed by atoms with Gasteiger partial charge in [-0.3, -0.25) is 0 Å². The molecule has 6 nitrogen and oxygen atoms in total. The van der Waals surface area contributed by atoms with E-state index in [1.165, 1.54) is 10.5 Å². The number of nitrogens with zero attached hydrogens (tertiary/aromatic N) is 2. The number of sulfonamides is 1. The molecule has 1 atom stereocenters. The molecule has 17 heavy (non-hydrogen) atoms. The monoisotopic (exact) mass is 258 g/mol. The van der Waals surface area contributed by atoms with Gasteiger partial charge in [0.15, 0.2) is 5.03 Å². The van der Waals surface area contributed by atoms with E-state index < -0.39 is 10.0 Å². The number of aromatic nitrogens is 2. The fourth-order valence-electron chi connectivity index (χ4n) is 2.14. The molecule has 0 bridgehead atoms. The second kappa shape index (κ2) is 4.75. The molecule has 0 amide bonds. The van der Waals surface area contributed by atoms with E-state index in [4.69, 9.17) is 0 Å². The third-order valence-corrected chi connectivity index (χ3v) is 4.81. The Morgan fingerprint density at radius 3 is 3.00 bits per heavy atom. The number of H-pyrrole nitrogens is 1. The van der Waals surface area contributed by atoms with E-state index in [1.54, 1.807) is 6.92 Å². The van der Waals surface area contributed by atoms with Gasteiger partial charge in [0.1, 0.15) is 5.82 Å². The van der Waals surface area contributed by atoms with Crippen LogP contribution < -0.4 is 5.32 Å². The molecule has 1 aromatic heterocycles. The van der Waals surface area contributed by atoms with Gasteiger partial charge in [-0.05, 0) is 32.9 Å². The molecule has 0 aliphatic carbocycles. The maximum atomic E-state index is 12.2. The summed E-state index contributed by atoms with van der Waals surface area (Å²) in [4.78, 5) is 6.72. The van der Waals surface area contributed by atoms with Crippen LogP contribution in [0.3, 0.4) is 0 Å². The topological polar surface area (TPSA) is 78.1 Å². The molecule has 2 rings (SSSR count). The summed E-state index contributed by atoms with van der Waals surface area (Å²) in [5, 5.41) is 3.28. The van der Waals surface area contributed by atoms with Crippen molar-refractivity contribution in [2.75, 3.05) is 26.7 Å². The third kappa shape index (κ3) is 2.51. The Balaban J connectivity index is 2.13. The van der Waals surface area contributed by atoms with Crippen LogP contribution in [0.2, 0.25) is 0 Å². The first-order valence-corrected chi connectivity index (χ1v) is 7.14. The van der Waals surface area contributed by atoms with Crippen LogP contribution in [-0.4, -0.2) is 49.4 Å². The fourth-order valence-corrected chi connectivity index (χ4v) is 3.63. The van der Waals surface area contributed by atoms with Crippen molar-refractivity contribution >= 4 is 10.0 Å². The number of rotatable bonds is 4. The van der Waals surface area contributed by atoms with Crippen LogP contribution in [0, 0.1) is 12.8 Å². The van der Waals surface area contributed by atoms with Gasteiger partial charge in [-0.15, -0.1) is 0 Å². The molecular formula is C10H18N4O2S. The molecule has 1 fully saturated rings. The van der Waals surface area contributed by atoms with Crippen LogP contribution in [0.15, 0.2) is 11.2 Å². The van der Waals surface area contributed by atoms with Gasteiger partial charge < -0.3 is 10.3 Å². The standard InChI is InChI=1S/C10H18N4O2S/c1-8-12-6-10(13-8)17(15,16)14-4-3-9(7-14)5-11-2/h6,9,11H,3-5,7H2,1-2H3,(H,12,13). The number of hydrogen-bond donors (Lipinski definition) is 2. The summed E-state index contributed by atoms with van der Waals surface area (Å²) in [7, 11) is -1.50. The van der Waals surface area contributed by atoms with E-state index in [-0.39, 0.29) is 5.03 Å². The number of hydrogen-bond acceptors (Lipinski definition) is 4. The highest BCUT2D eigenvalue weighted by Gasteiger charge is 2.33. The molecule has 1 unspecified atom stereocenters. The lowest BCUT2D eigenvalue weighted by Gasteiger charge is -2.15. The second-order valence-electron chi connectivity index (χ2n) is 4.41. The first-order valence-electron chi connectivity index (χ1n) is 5.70. The highest BCUT2D eigenvalue weighted by atomic mass is 32.2. The van der Waals surface area contributed by atoms with Gasteiger partial charge in [0.05, 0.1) is 6.20 Å². The van der Waals surface area contributed by atoms with Crippen LogP contribution in [0.25, 0.3) is 0 Å². The Labute approximate surface area is 101 Å². The van der Waals surface area contributed by atoms with Crippen molar-refractivity contribution in [1.29, 1.82) is 0 Å². The number of aromatic amines is 1. The van der Waals surface area contributed by atoms with E-state index >= 15 is 0 Å². The first-order chi connectivity index (χ1) is 8.04. The highest BCUT2D eigenvalue weighted by Crippen LogP contribution is 2.22. The third-order valence-electron chi connectivity index (χ3n) is 3.04. The predicted molar refractivity (Wildman–Crippen MR) is 64.1 cm³/mol.